The number of hydrogen-bond acceptors (Lipinski definition) is 3. The van der Waals surface area contributed by atoms with Crippen molar-refractivity contribution in [3.63, 3.8) is 0 Å². The monoisotopic (exact) mass is 333 g/mol. The highest BCUT2D eigenvalue weighted by molar-refractivity contribution is 9.10. The van der Waals surface area contributed by atoms with E-state index in [1.165, 1.54) is 5.56 Å². The fourth-order valence-corrected chi connectivity index (χ4v) is 2.75. The molecule has 0 unspecified atom stereocenters. The molecule has 0 atom stereocenters. The minimum Gasteiger partial charge on any atom is -0.497 e. The quantitative estimate of drug-likeness (QED) is 0.851. The number of benzene rings is 2. The van der Waals surface area contributed by atoms with E-state index in [1.54, 1.807) is 7.11 Å². The maximum atomic E-state index is 5.70. The molecule has 1 heterocycles. The second-order valence-electron chi connectivity index (χ2n) is 4.73. The van der Waals surface area contributed by atoms with Crippen molar-refractivity contribution in [1.82, 2.24) is 0 Å². The van der Waals surface area contributed by atoms with Gasteiger partial charge in [0.15, 0.2) is 0 Å². The van der Waals surface area contributed by atoms with Crippen LogP contribution in [0.2, 0.25) is 0 Å². The second-order valence-corrected chi connectivity index (χ2v) is 5.65. The van der Waals surface area contributed by atoms with E-state index >= 15 is 0 Å². The van der Waals surface area contributed by atoms with Crippen molar-refractivity contribution in [3.8, 4) is 11.5 Å². The van der Waals surface area contributed by atoms with Gasteiger partial charge in [-0.3, -0.25) is 0 Å². The standard InChI is InChI=1S/C16H16BrNO2/c1-19-14-4-2-3-12(9-14)11-18-7-8-20-16-6-5-13(17)10-15(16)18/h2-6,9-10H,7-8,11H2,1H3. The van der Waals surface area contributed by atoms with E-state index < -0.39 is 0 Å². The molecule has 0 aliphatic carbocycles. The van der Waals surface area contributed by atoms with E-state index in [1.807, 2.05) is 24.3 Å². The predicted molar refractivity (Wildman–Crippen MR) is 83.7 cm³/mol. The Bertz CT molecular complexity index is 615. The van der Waals surface area contributed by atoms with Crippen molar-refractivity contribution in [2.45, 2.75) is 6.54 Å². The summed E-state index contributed by atoms with van der Waals surface area (Å²) < 4.78 is 12.1. The molecular weight excluding hydrogens is 318 g/mol. The van der Waals surface area contributed by atoms with Gasteiger partial charge in [-0.1, -0.05) is 28.1 Å². The summed E-state index contributed by atoms with van der Waals surface area (Å²) in [6.07, 6.45) is 0. The number of ether oxygens (including phenoxy) is 2. The van der Waals surface area contributed by atoms with Crippen LogP contribution in [0.25, 0.3) is 0 Å². The highest BCUT2D eigenvalue weighted by Crippen LogP contribution is 2.35. The minimum atomic E-state index is 0.721. The molecule has 104 valence electrons. The fourth-order valence-electron chi connectivity index (χ4n) is 2.40. The Hall–Kier alpha value is -1.68. The summed E-state index contributed by atoms with van der Waals surface area (Å²) in [6, 6.07) is 14.3. The summed E-state index contributed by atoms with van der Waals surface area (Å²) in [7, 11) is 1.69. The van der Waals surface area contributed by atoms with E-state index in [0.29, 0.717) is 0 Å². The number of rotatable bonds is 3. The van der Waals surface area contributed by atoms with Crippen molar-refractivity contribution >= 4 is 21.6 Å². The van der Waals surface area contributed by atoms with Crippen LogP contribution in [0.1, 0.15) is 5.56 Å². The SMILES string of the molecule is COc1cccc(CN2CCOc3ccc(Br)cc32)c1. The summed E-state index contributed by atoms with van der Waals surface area (Å²) in [5.74, 6) is 1.84. The summed E-state index contributed by atoms with van der Waals surface area (Å²) in [6.45, 7) is 2.46. The molecule has 0 fully saturated rings. The third-order valence-corrected chi connectivity index (χ3v) is 3.88. The molecule has 0 spiro atoms. The highest BCUT2D eigenvalue weighted by atomic mass is 79.9. The van der Waals surface area contributed by atoms with E-state index in [9.17, 15) is 0 Å². The van der Waals surface area contributed by atoms with E-state index in [2.05, 4.69) is 39.0 Å². The number of halogens is 1. The first-order chi connectivity index (χ1) is 9.76. The van der Waals surface area contributed by atoms with Gasteiger partial charge in [-0.25, -0.2) is 0 Å². The zero-order valence-corrected chi connectivity index (χ0v) is 12.9. The van der Waals surface area contributed by atoms with Gasteiger partial charge in [0.1, 0.15) is 18.1 Å². The van der Waals surface area contributed by atoms with Gasteiger partial charge in [0, 0.05) is 11.0 Å². The Balaban J connectivity index is 1.87. The molecule has 3 nitrogen and oxygen atoms in total. The number of anilines is 1. The third kappa shape index (κ3) is 2.75. The van der Waals surface area contributed by atoms with Gasteiger partial charge in [0.2, 0.25) is 0 Å². The van der Waals surface area contributed by atoms with E-state index in [4.69, 9.17) is 9.47 Å². The Morgan fingerprint density at radius 3 is 3.00 bits per heavy atom. The van der Waals surface area contributed by atoms with Crippen molar-refractivity contribution in [3.05, 3.63) is 52.5 Å². The minimum absolute atomic E-state index is 0.721. The zero-order valence-electron chi connectivity index (χ0n) is 11.3. The van der Waals surface area contributed by atoms with Crippen LogP contribution in [0.15, 0.2) is 46.9 Å². The van der Waals surface area contributed by atoms with Gasteiger partial charge < -0.3 is 14.4 Å². The first-order valence-corrected chi connectivity index (χ1v) is 7.36. The summed E-state index contributed by atoms with van der Waals surface area (Å²) >= 11 is 3.52. The van der Waals surface area contributed by atoms with Crippen molar-refractivity contribution in [1.29, 1.82) is 0 Å². The van der Waals surface area contributed by atoms with Gasteiger partial charge in [0.25, 0.3) is 0 Å². The van der Waals surface area contributed by atoms with Crippen molar-refractivity contribution < 1.29 is 9.47 Å². The molecule has 2 aromatic carbocycles. The molecular formula is C16H16BrNO2. The third-order valence-electron chi connectivity index (χ3n) is 3.39. The normalized spacial score (nSPS) is 13.6. The van der Waals surface area contributed by atoms with Crippen molar-refractivity contribution in [2.24, 2.45) is 0 Å². The molecule has 0 amide bonds. The van der Waals surface area contributed by atoms with Gasteiger partial charge in [-0.2, -0.15) is 0 Å². The lowest BCUT2D eigenvalue weighted by Crippen LogP contribution is -2.32. The Labute approximate surface area is 127 Å². The molecule has 0 N–H and O–H groups in total. The van der Waals surface area contributed by atoms with Gasteiger partial charge >= 0.3 is 0 Å². The molecule has 0 saturated heterocycles. The van der Waals surface area contributed by atoms with Crippen LogP contribution in [-0.4, -0.2) is 20.3 Å². The van der Waals surface area contributed by atoms with Crippen molar-refractivity contribution in [2.75, 3.05) is 25.2 Å². The molecule has 0 radical (unpaired) electrons. The van der Waals surface area contributed by atoms with E-state index in [0.717, 1.165) is 41.4 Å². The van der Waals surface area contributed by atoms with Crippen LogP contribution in [0.5, 0.6) is 11.5 Å². The van der Waals surface area contributed by atoms with Crippen LogP contribution >= 0.6 is 15.9 Å². The van der Waals surface area contributed by atoms with Crippen LogP contribution in [0.4, 0.5) is 5.69 Å². The van der Waals surface area contributed by atoms with Crippen LogP contribution in [0, 0.1) is 0 Å². The van der Waals surface area contributed by atoms with E-state index in [-0.39, 0.29) is 0 Å². The van der Waals surface area contributed by atoms with Gasteiger partial charge in [0.05, 0.1) is 19.3 Å². The molecule has 1 aliphatic heterocycles. The Kier molecular flexibility index (Phi) is 3.83. The molecule has 0 saturated carbocycles. The largest absolute Gasteiger partial charge is 0.497 e. The number of methoxy groups -OCH3 is 1. The lowest BCUT2D eigenvalue weighted by Gasteiger charge is -2.31. The molecule has 0 aromatic heterocycles. The number of fused-ring (bicyclic) bond motifs is 1. The molecule has 1 aliphatic rings. The highest BCUT2D eigenvalue weighted by Gasteiger charge is 2.18. The molecule has 4 heteroatoms. The Morgan fingerprint density at radius 1 is 1.25 bits per heavy atom. The lowest BCUT2D eigenvalue weighted by atomic mass is 10.1. The lowest BCUT2D eigenvalue weighted by molar-refractivity contribution is 0.307. The van der Waals surface area contributed by atoms with Gasteiger partial charge in [-0.15, -0.1) is 0 Å². The maximum Gasteiger partial charge on any atom is 0.142 e. The summed E-state index contributed by atoms with van der Waals surface area (Å²) in [5.41, 5.74) is 2.37. The average Bonchev–Trinajstić information content (AvgIpc) is 2.48. The molecule has 0 bridgehead atoms. The molecule has 3 rings (SSSR count). The van der Waals surface area contributed by atoms with Crippen LogP contribution in [-0.2, 0) is 6.54 Å². The summed E-state index contributed by atoms with van der Waals surface area (Å²) in [4.78, 5) is 2.33. The van der Waals surface area contributed by atoms with Crippen LogP contribution < -0.4 is 14.4 Å². The smallest absolute Gasteiger partial charge is 0.142 e. The summed E-state index contributed by atoms with van der Waals surface area (Å²) in [5, 5.41) is 0. The van der Waals surface area contributed by atoms with Gasteiger partial charge in [-0.05, 0) is 35.9 Å². The number of nitrogens with zero attached hydrogens (tertiary/aromatic N) is 1. The predicted octanol–water partition coefficient (Wildman–Crippen LogP) is 3.86. The average molecular weight is 334 g/mol. The Morgan fingerprint density at radius 2 is 2.15 bits per heavy atom. The zero-order chi connectivity index (χ0) is 13.9. The fraction of sp³-hybridized carbons (Fsp3) is 0.250. The second kappa shape index (κ2) is 5.75. The number of hydrogen-bond donors (Lipinski definition) is 0. The first-order valence-electron chi connectivity index (χ1n) is 6.56. The topological polar surface area (TPSA) is 21.7 Å². The molecule has 20 heavy (non-hydrogen) atoms. The first kappa shape index (κ1) is 13.3. The van der Waals surface area contributed by atoms with Crippen LogP contribution in [0.3, 0.4) is 0 Å². The maximum absolute atomic E-state index is 5.70. The molecule has 2 aromatic rings.